The lowest BCUT2D eigenvalue weighted by atomic mass is 10.0. The van der Waals surface area contributed by atoms with Crippen molar-refractivity contribution in [2.45, 2.75) is 45.5 Å². The monoisotopic (exact) mass is 503 g/mol. The van der Waals surface area contributed by atoms with E-state index in [2.05, 4.69) is 20.6 Å². The van der Waals surface area contributed by atoms with E-state index < -0.39 is 17.8 Å². The number of nitrogens with two attached hydrogens (primary N) is 1. The van der Waals surface area contributed by atoms with Crippen molar-refractivity contribution in [2.24, 2.45) is 7.05 Å². The van der Waals surface area contributed by atoms with Crippen LogP contribution in [0.15, 0.2) is 29.1 Å². The highest BCUT2D eigenvalue weighted by Gasteiger charge is 2.32. The molecule has 1 amide bonds. The SMILES string of the molecule is CC(=O)N[C@H]1CCN(c2cc3c(N[C@H](C)c4cc(N)cc(C(F)(F)F)c4)nc(C)nc3n(C)c2=O)C1. The van der Waals surface area contributed by atoms with Crippen LogP contribution in [0, 0.1) is 6.92 Å². The predicted octanol–water partition coefficient (Wildman–Crippen LogP) is 3.13. The van der Waals surface area contributed by atoms with Crippen LogP contribution in [0.2, 0.25) is 0 Å². The number of aryl methyl sites for hydroxylation is 2. The van der Waals surface area contributed by atoms with Gasteiger partial charge in [-0.25, -0.2) is 9.97 Å². The van der Waals surface area contributed by atoms with Crippen molar-refractivity contribution < 1.29 is 18.0 Å². The fourth-order valence-corrected chi connectivity index (χ4v) is 4.52. The third kappa shape index (κ3) is 5.07. The second-order valence-electron chi connectivity index (χ2n) is 9.13. The summed E-state index contributed by atoms with van der Waals surface area (Å²) in [6.45, 7) is 5.90. The number of nitrogens with one attached hydrogen (secondary N) is 2. The quantitative estimate of drug-likeness (QED) is 0.458. The van der Waals surface area contributed by atoms with E-state index in [1.165, 1.54) is 17.6 Å². The molecule has 3 aromatic rings. The largest absolute Gasteiger partial charge is 0.416 e. The van der Waals surface area contributed by atoms with Gasteiger partial charge in [0.15, 0.2) is 0 Å². The summed E-state index contributed by atoms with van der Waals surface area (Å²) in [6, 6.07) is 4.48. The molecule has 9 nitrogen and oxygen atoms in total. The summed E-state index contributed by atoms with van der Waals surface area (Å²) in [5, 5.41) is 6.61. The summed E-state index contributed by atoms with van der Waals surface area (Å²) in [5.74, 6) is 0.652. The molecule has 1 aromatic carbocycles. The number of benzene rings is 1. The molecule has 0 saturated carbocycles. The van der Waals surface area contributed by atoms with E-state index in [-0.39, 0.29) is 23.2 Å². The Morgan fingerprint density at radius 1 is 1.22 bits per heavy atom. The van der Waals surface area contributed by atoms with Crippen LogP contribution < -0.4 is 26.8 Å². The zero-order valence-corrected chi connectivity index (χ0v) is 20.4. The number of halogens is 3. The van der Waals surface area contributed by atoms with Crippen molar-refractivity contribution in [1.29, 1.82) is 0 Å². The molecule has 4 rings (SSSR count). The molecule has 0 bridgehead atoms. The second-order valence-corrected chi connectivity index (χ2v) is 9.13. The van der Waals surface area contributed by atoms with Gasteiger partial charge in [-0.05, 0) is 50.1 Å². The number of nitrogen functional groups attached to an aromatic ring is 1. The number of hydrogen-bond donors (Lipinski definition) is 3. The number of pyridine rings is 1. The fraction of sp³-hybridized carbons (Fsp3) is 0.417. The van der Waals surface area contributed by atoms with Crippen LogP contribution in [0.5, 0.6) is 0 Å². The highest BCUT2D eigenvalue weighted by atomic mass is 19.4. The minimum Gasteiger partial charge on any atom is -0.399 e. The fourth-order valence-electron chi connectivity index (χ4n) is 4.52. The van der Waals surface area contributed by atoms with Gasteiger partial charge in [-0.2, -0.15) is 13.2 Å². The Morgan fingerprint density at radius 2 is 1.94 bits per heavy atom. The van der Waals surface area contributed by atoms with E-state index in [1.807, 2.05) is 4.90 Å². The molecule has 0 radical (unpaired) electrons. The average molecular weight is 504 g/mol. The summed E-state index contributed by atoms with van der Waals surface area (Å²) in [7, 11) is 1.61. The van der Waals surface area contributed by atoms with Crippen LogP contribution in [0.4, 0.5) is 30.4 Å². The lowest BCUT2D eigenvalue weighted by Crippen LogP contribution is -2.37. The highest BCUT2D eigenvalue weighted by Crippen LogP contribution is 2.34. The van der Waals surface area contributed by atoms with E-state index in [0.29, 0.717) is 53.4 Å². The van der Waals surface area contributed by atoms with Crippen molar-refractivity contribution in [3.63, 3.8) is 0 Å². The molecule has 192 valence electrons. The van der Waals surface area contributed by atoms with E-state index in [0.717, 1.165) is 12.1 Å². The molecule has 0 spiro atoms. The number of hydrogen-bond acceptors (Lipinski definition) is 7. The molecule has 2 aromatic heterocycles. The average Bonchev–Trinajstić information content (AvgIpc) is 3.23. The van der Waals surface area contributed by atoms with E-state index in [4.69, 9.17) is 5.73 Å². The molecular weight excluding hydrogens is 475 g/mol. The first kappa shape index (κ1) is 25.3. The number of rotatable bonds is 5. The van der Waals surface area contributed by atoms with Crippen molar-refractivity contribution in [3.8, 4) is 0 Å². The molecule has 3 heterocycles. The van der Waals surface area contributed by atoms with Gasteiger partial charge in [-0.3, -0.25) is 14.2 Å². The van der Waals surface area contributed by atoms with Gasteiger partial charge in [0.2, 0.25) is 5.91 Å². The van der Waals surface area contributed by atoms with Crippen LogP contribution >= 0.6 is 0 Å². The molecule has 12 heteroatoms. The van der Waals surface area contributed by atoms with Gasteiger partial charge in [0.25, 0.3) is 5.56 Å². The number of alkyl halides is 3. The second kappa shape index (κ2) is 9.32. The molecule has 2 atom stereocenters. The maximum absolute atomic E-state index is 13.3. The maximum atomic E-state index is 13.3. The Kier molecular flexibility index (Phi) is 6.54. The van der Waals surface area contributed by atoms with Crippen LogP contribution in [0.1, 0.15) is 43.3 Å². The molecule has 1 aliphatic rings. The third-order valence-corrected chi connectivity index (χ3v) is 6.25. The molecule has 1 aliphatic heterocycles. The lowest BCUT2D eigenvalue weighted by molar-refractivity contribution is -0.137. The smallest absolute Gasteiger partial charge is 0.399 e. The summed E-state index contributed by atoms with van der Waals surface area (Å²) in [4.78, 5) is 35.4. The summed E-state index contributed by atoms with van der Waals surface area (Å²) >= 11 is 0. The molecule has 0 aliphatic carbocycles. The van der Waals surface area contributed by atoms with Gasteiger partial charge < -0.3 is 21.3 Å². The maximum Gasteiger partial charge on any atom is 0.416 e. The normalized spacial score (nSPS) is 16.9. The predicted molar refractivity (Wildman–Crippen MR) is 132 cm³/mol. The zero-order chi connectivity index (χ0) is 26.4. The number of nitrogens with zero attached hydrogens (tertiary/aromatic N) is 4. The van der Waals surface area contributed by atoms with Gasteiger partial charge in [-0.1, -0.05) is 0 Å². The molecule has 4 N–H and O–H groups in total. The number of carbonyl (C=O) groups excluding carboxylic acids is 1. The van der Waals surface area contributed by atoms with E-state index in [9.17, 15) is 22.8 Å². The highest BCUT2D eigenvalue weighted by molar-refractivity contribution is 5.89. The van der Waals surface area contributed by atoms with Crippen molar-refractivity contribution in [1.82, 2.24) is 19.9 Å². The number of aromatic nitrogens is 3. The van der Waals surface area contributed by atoms with Gasteiger partial charge in [0.1, 0.15) is 23.0 Å². The molecular formula is C24H28F3N7O2. The summed E-state index contributed by atoms with van der Waals surface area (Å²) in [6.07, 6.45) is -3.83. The van der Waals surface area contributed by atoms with Crippen molar-refractivity contribution >= 4 is 34.1 Å². The minimum atomic E-state index is -4.53. The Balaban J connectivity index is 1.74. The van der Waals surface area contributed by atoms with Crippen molar-refractivity contribution in [2.75, 3.05) is 29.0 Å². The number of fused-ring (bicyclic) bond motifs is 1. The van der Waals surface area contributed by atoms with Gasteiger partial charge in [0, 0.05) is 38.8 Å². The Labute approximate surface area is 205 Å². The Morgan fingerprint density at radius 3 is 2.61 bits per heavy atom. The molecule has 36 heavy (non-hydrogen) atoms. The first-order valence-corrected chi connectivity index (χ1v) is 11.5. The van der Waals surface area contributed by atoms with Crippen LogP contribution in [0.25, 0.3) is 11.0 Å². The minimum absolute atomic E-state index is 0.00430. The lowest BCUT2D eigenvalue weighted by Gasteiger charge is -2.22. The first-order chi connectivity index (χ1) is 16.8. The standard InChI is InChI=1S/C24H28F3N7O2/c1-12(15-7-16(24(25,26)27)9-17(28)8-15)29-21-19-10-20(34-6-5-18(11-34)32-14(3)35)23(36)33(4)22(19)31-13(2)30-21/h7-10,12,18H,5-6,11,28H2,1-4H3,(H,32,35)(H,29,30,31)/t12-,18+/m1/s1. The van der Waals surface area contributed by atoms with E-state index in [1.54, 1.807) is 27.0 Å². The van der Waals surface area contributed by atoms with Crippen LogP contribution in [-0.2, 0) is 18.0 Å². The Bertz CT molecular complexity index is 1390. The number of anilines is 3. The molecule has 1 fully saturated rings. The number of amides is 1. The zero-order valence-electron chi connectivity index (χ0n) is 20.4. The van der Waals surface area contributed by atoms with E-state index >= 15 is 0 Å². The molecule has 0 unspecified atom stereocenters. The van der Waals surface area contributed by atoms with Gasteiger partial charge in [0.05, 0.1) is 17.0 Å². The topological polar surface area (TPSA) is 118 Å². The number of carbonyl (C=O) groups is 1. The summed E-state index contributed by atoms with van der Waals surface area (Å²) in [5.41, 5.74) is 5.85. The Hall–Kier alpha value is -3.83. The first-order valence-electron chi connectivity index (χ1n) is 11.5. The van der Waals surface area contributed by atoms with Crippen molar-refractivity contribution in [3.05, 3.63) is 51.6 Å². The molecule has 1 saturated heterocycles. The summed E-state index contributed by atoms with van der Waals surface area (Å²) < 4.78 is 41.4. The third-order valence-electron chi connectivity index (χ3n) is 6.25. The van der Waals surface area contributed by atoms with Gasteiger partial charge in [-0.15, -0.1) is 0 Å². The van der Waals surface area contributed by atoms with Crippen LogP contribution in [-0.4, -0.2) is 39.6 Å². The van der Waals surface area contributed by atoms with Crippen LogP contribution in [0.3, 0.4) is 0 Å². The van der Waals surface area contributed by atoms with Gasteiger partial charge >= 0.3 is 6.18 Å².